The van der Waals surface area contributed by atoms with Crippen molar-refractivity contribution in [3.63, 3.8) is 0 Å². The van der Waals surface area contributed by atoms with E-state index in [2.05, 4.69) is 15.6 Å². The van der Waals surface area contributed by atoms with Gasteiger partial charge in [0.05, 0.1) is 45.7 Å². The smallest absolute Gasteiger partial charge is 0.152 e. The van der Waals surface area contributed by atoms with Crippen molar-refractivity contribution >= 4 is 44.9 Å². The molecule has 0 bridgehead atoms. The molecule has 0 amide bonds. The molecule has 1 aliphatic rings. The Kier molecular flexibility index (Phi) is 4.85. The number of hydrogen-bond donors (Lipinski definition) is 1. The molecule has 0 aliphatic carbocycles. The van der Waals surface area contributed by atoms with Crippen molar-refractivity contribution in [2.24, 2.45) is 5.10 Å². The molecule has 6 nitrogen and oxygen atoms in total. The number of halogens is 2. The Morgan fingerprint density at radius 1 is 1.38 bits per heavy atom. The maximum atomic E-state index is 11.6. The molecule has 0 spiro atoms. The third kappa shape index (κ3) is 3.58. The van der Waals surface area contributed by atoms with E-state index in [1.165, 1.54) is 0 Å². The Balaban J connectivity index is 1.80. The van der Waals surface area contributed by atoms with E-state index in [9.17, 15) is 8.42 Å². The number of rotatable bonds is 4. The second kappa shape index (κ2) is 6.74. The van der Waals surface area contributed by atoms with Crippen LogP contribution in [-0.2, 0) is 9.84 Å². The molecule has 0 unspecified atom stereocenters. The Bertz CT molecular complexity index is 893. The SMILES string of the molecule is Cc1nn([C@H]2CCS(=O)(=O)C2)c(Cl)c1/C=N\Nc1ccccc1Cl. The standard InChI is InChI=1S/C15H16Cl2N4O2S/c1-10-12(8-18-19-14-5-3-2-4-13(14)16)15(17)21(20-10)11-6-7-24(22,23)9-11/h2-5,8,11,19H,6-7,9H2,1H3/b18-8-/t11-/m0/s1. The number of anilines is 1. The molecule has 0 radical (unpaired) electrons. The molecule has 9 heteroatoms. The van der Waals surface area contributed by atoms with Crippen LogP contribution in [0.15, 0.2) is 29.4 Å². The summed E-state index contributed by atoms with van der Waals surface area (Å²) < 4.78 is 24.9. The van der Waals surface area contributed by atoms with Gasteiger partial charge in [0.2, 0.25) is 0 Å². The number of para-hydroxylation sites is 1. The predicted molar refractivity (Wildman–Crippen MR) is 97.0 cm³/mol. The quantitative estimate of drug-likeness (QED) is 0.645. The zero-order valence-electron chi connectivity index (χ0n) is 12.9. The summed E-state index contributed by atoms with van der Waals surface area (Å²) in [4.78, 5) is 0. The molecule has 24 heavy (non-hydrogen) atoms. The van der Waals surface area contributed by atoms with E-state index in [0.29, 0.717) is 33.5 Å². The lowest BCUT2D eigenvalue weighted by Gasteiger charge is -2.09. The molecular formula is C15H16Cl2N4O2S. The van der Waals surface area contributed by atoms with E-state index in [-0.39, 0.29) is 17.5 Å². The van der Waals surface area contributed by atoms with E-state index >= 15 is 0 Å². The lowest BCUT2D eigenvalue weighted by atomic mass is 10.2. The van der Waals surface area contributed by atoms with Crippen LogP contribution in [0.25, 0.3) is 0 Å². The van der Waals surface area contributed by atoms with Crippen LogP contribution >= 0.6 is 23.2 Å². The van der Waals surface area contributed by atoms with Crippen LogP contribution < -0.4 is 5.43 Å². The van der Waals surface area contributed by atoms with E-state index in [4.69, 9.17) is 23.2 Å². The van der Waals surface area contributed by atoms with Crippen LogP contribution in [0.3, 0.4) is 0 Å². The number of nitrogens with one attached hydrogen (secondary N) is 1. The van der Waals surface area contributed by atoms with Gasteiger partial charge in [0.1, 0.15) is 5.15 Å². The molecule has 1 atom stereocenters. The summed E-state index contributed by atoms with van der Waals surface area (Å²) in [6, 6.07) is 7.02. The Morgan fingerprint density at radius 3 is 2.79 bits per heavy atom. The predicted octanol–water partition coefficient (Wildman–Crippen LogP) is 3.30. The summed E-state index contributed by atoms with van der Waals surface area (Å²) in [6.45, 7) is 1.81. The first-order valence-electron chi connectivity index (χ1n) is 7.36. The average Bonchev–Trinajstić information content (AvgIpc) is 3.02. The van der Waals surface area contributed by atoms with Crippen molar-refractivity contribution in [1.29, 1.82) is 0 Å². The van der Waals surface area contributed by atoms with Crippen LogP contribution in [0.2, 0.25) is 10.2 Å². The van der Waals surface area contributed by atoms with Crippen molar-refractivity contribution in [1.82, 2.24) is 9.78 Å². The van der Waals surface area contributed by atoms with Gasteiger partial charge in [0, 0.05) is 0 Å². The second-order valence-electron chi connectivity index (χ2n) is 5.64. The van der Waals surface area contributed by atoms with Crippen LogP contribution in [0.4, 0.5) is 5.69 Å². The number of benzene rings is 1. The van der Waals surface area contributed by atoms with Gasteiger partial charge in [-0.15, -0.1) is 0 Å². The van der Waals surface area contributed by atoms with Crippen LogP contribution in [-0.4, -0.2) is 35.9 Å². The summed E-state index contributed by atoms with van der Waals surface area (Å²) in [5, 5.41) is 9.47. The van der Waals surface area contributed by atoms with Gasteiger partial charge in [-0.1, -0.05) is 35.3 Å². The topological polar surface area (TPSA) is 76.3 Å². The summed E-state index contributed by atoms with van der Waals surface area (Å²) in [5.74, 6) is 0.243. The number of hydrazone groups is 1. The molecule has 1 N–H and O–H groups in total. The van der Waals surface area contributed by atoms with Gasteiger partial charge in [-0.25, -0.2) is 13.1 Å². The molecule has 1 saturated heterocycles. The highest BCUT2D eigenvalue weighted by molar-refractivity contribution is 7.91. The number of nitrogens with zero attached hydrogens (tertiary/aromatic N) is 3. The zero-order chi connectivity index (χ0) is 17.3. The number of aryl methyl sites for hydroxylation is 1. The van der Waals surface area contributed by atoms with E-state index < -0.39 is 9.84 Å². The highest BCUT2D eigenvalue weighted by atomic mass is 35.5. The monoisotopic (exact) mass is 386 g/mol. The van der Waals surface area contributed by atoms with Crippen LogP contribution in [0.1, 0.15) is 23.7 Å². The third-order valence-corrected chi connectivity index (χ3v) is 6.33. The lowest BCUT2D eigenvalue weighted by molar-refractivity contribution is 0.497. The van der Waals surface area contributed by atoms with Gasteiger partial charge >= 0.3 is 0 Å². The molecular weight excluding hydrogens is 371 g/mol. The van der Waals surface area contributed by atoms with Gasteiger partial charge in [-0.05, 0) is 25.5 Å². The number of sulfone groups is 1. The molecule has 1 fully saturated rings. The number of aromatic nitrogens is 2. The van der Waals surface area contributed by atoms with Gasteiger partial charge in [0.25, 0.3) is 0 Å². The van der Waals surface area contributed by atoms with Crippen LogP contribution in [0, 0.1) is 6.92 Å². The fourth-order valence-corrected chi connectivity index (χ4v) is 4.84. The van der Waals surface area contributed by atoms with E-state index in [0.717, 1.165) is 0 Å². The molecule has 1 aliphatic heterocycles. The summed E-state index contributed by atoms with van der Waals surface area (Å²) >= 11 is 12.4. The largest absolute Gasteiger partial charge is 0.277 e. The van der Waals surface area contributed by atoms with E-state index in [1.807, 2.05) is 19.1 Å². The second-order valence-corrected chi connectivity index (χ2v) is 8.64. The minimum Gasteiger partial charge on any atom is -0.277 e. The minimum absolute atomic E-state index is 0.0717. The Labute approximate surface area is 150 Å². The molecule has 3 rings (SSSR count). The molecule has 1 aromatic carbocycles. The van der Waals surface area contributed by atoms with Gasteiger partial charge in [-0.2, -0.15) is 10.2 Å². The average molecular weight is 387 g/mol. The zero-order valence-corrected chi connectivity index (χ0v) is 15.2. The van der Waals surface area contributed by atoms with Crippen molar-refractivity contribution in [3.8, 4) is 0 Å². The molecule has 2 heterocycles. The van der Waals surface area contributed by atoms with Crippen molar-refractivity contribution < 1.29 is 8.42 Å². The first-order chi connectivity index (χ1) is 11.4. The first-order valence-corrected chi connectivity index (χ1v) is 9.94. The third-order valence-electron chi connectivity index (χ3n) is 3.88. The highest BCUT2D eigenvalue weighted by Gasteiger charge is 2.31. The normalized spacial score (nSPS) is 19.9. The maximum absolute atomic E-state index is 11.6. The number of hydrogen-bond acceptors (Lipinski definition) is 5. The van der Waals surface area contributed by atoms with Crippen molar-refractivity contribution in [3.05, 3.63) is 45.7 Å². The Morgan fingerprint density at radius 2 is 2.12 bits per heavy atom. The summed E-state index contributed by atoms with van der Waals surface area (Å²) in [5.41, 5.74) is 4.87. The lowest BCUT2D eigenvalue weighted by Crippen LogP contribution is -2.12. The summed E-state index contributed by atoms with van der Waals surface area (Å²) in [6.07, 6.45) is 2.09. The molecule has 1 aromatic heterocycles. The van der Waals surface area contributed by atoms with E-state index in [1.54, 1.807) is 23.0 Å². The van der Waals surface area contributed by atoms with Crippen molar-refractivity contribution in [2.75, 3.05) is 16.9 Å². The molecule has 128 valence electrons. The molecule has 0 saturated carbocycles. The minimum atomic E-state index is -3.00. The summed E-state index contributed by atoms with van der Waals surface area (Å²) in [7, 11) is -3.00. The first kappa shape index (κ1) is 17.3. The fourth-order valence-electron chi connectivity index (χ4n) is 2.61. The fraction of sp³-hybridized carbons (Fsp3) is 0.333. The maximum Gasteiger partial charge on any atom is 0.152 e. The highest BCUT2D eigenvalue weighted by Crippen LogP contribution is 2.29. The van der Waals surface area contributed by atoms with Crippen molar-refractivity contribution in [2.45, 2.75) is 19.4 Å². The van der Waals surface area contributed by atoms with Gasteiger partial charge in [-0.3, -0.25) is 5.43 Å². The van der Waals surface area contributed by atoms with Crippen LogP contribution in [0.5, 0.6) is 0 Å². The van der Waals surface area contributed by atoms with Gasteiger partial charge < -0.3 is 0 Å². The Hall–Kier alpha value is -1.57. The molecule has 2 aromatic rings. The van der Waals surface area contributed by atoms with Gasteiger partial charge in [0.15, 0.2) is 9.84 Å².